The molecule has 0 bridgehead atoms. The third kappa shape index (κ3) is 2.09. The average molecular weight is 347 g/mol. The van der Waals surface area contributed by atoms with Crippen LogP contribution in [0.25, 0.3) is 42.3 Å². The summed E-state index contributed by atoms with van der Waals surface area (Å²) in [6.45, 7) is 0. The Bertz CT molecular complexity index is 1230. The monoisotopic (exact) mass is 346 g/mol. The van der Waals surface area contributed by atoms with Gasteiger partial charge in [-0.1, -0.05) is 54.6 Å². The van der Waals surface area contributed by atoms with Gasteiger partial charge in [0.15, 0.2) is 0 Å². The van der Waals surface area contributed by atoms with Gasteiger partial charge in [0, 0.05) is 15.6 Å². The van der Waals surface area contributed by atoms with Gasteiger partial charge in [-0.05, 0) is 34.5 Å². The Labute approximate surface area is 147 Å². The lowest BCUT2D eigenvalue weighted by Gasteiger charge is -2.05. The third-order valence-electron chi connectivity index (χ3n) is 4.22. The highest BCUT2D eigenvalue weighted by Gasteiger charge is 2.14. The lowest BCUT2D eigenvalue weighted by atomic mass is 10.0. The molecule has 5 aromatic rings. The van der Waals surface area contributed by atoms with Crippen LogP contribution in [0.5, 0.6) is 0 Å². The summed E-state index contributed by atoms with van der Waals surface area (Å²) in [6.07, 6.45) is 0. The van der Waals surface area contributed by atoms with E-state index >= 15 is 0 Å². The van der Waals surface area contributed by atoms with Crippen molar-refractivity contribution in [1.29, 1.82) is 0 Å². The molecule has 0 spiro atoms. The summed E-state index contributed by atoms with van der Waals surface area (Å²) < 4.78 is 2.28. The van der Waals surface area contributed by atoms with E-state index in [9.17, 15) is 0 Å². The molecule has 0 radical (unpaired) electrons. The minimum absolute atomic E-state index is 0.286. The van der Waals surface area contributed by atoms with Gasteiger partial charge in [-0.25, -0.2) is 9.97 Å². The van der Waals surface area contributed by atoms with Crippen molar-refractivity contribution in [3.8, 4) is 11.3 Å². The molecule has 0 aliphatic carbocycles. The van der Waals surface area contributed by atoms with Crippen LogP contribution in [0.15, 0.2) is 66.7 Å². The van der Waals surface area contributed by atoms with Gasteiger partial charge >= 0.3 is 0 Å². The van der Waals surface area contributed by atoms with Crippen molar-refractivity contribution >= 4 is 54.0 Å². The molecule has 2 nitrogen and oxygen atoms in total. The van der Waals surface area contributed by atoms with Crippen LogP contribution < -0.4 is 0 Å². The van der Waals surface area contributed by atoms with E-state index in [1.165, 1.54) is 15.5 Å². The molecule has 4 heteroatoms. The van der Waals surface area contributed by atoms with E-state index in [1.54, 1.807) is 11.3 Å². The molecule has 2 heterocycles. The number of fused-ring (bicyclic) bond motifs is 4. The summed E-state index contributed by atoms with van der Waals surface area (Å²) in [6, 6.07) is 23.0. The van der Waals surface area contributed by atoms with Crippen molar-refractivity contribution in [2.75, 3.05) is 0 Å². The van der Waals surface area contributed by atoms with Gasteiger partial charge in [-0.3, -0.25) is 0 Å². The predicted molar refractivity (Wildman–Crippen MR) is 103 cm³/mol. The van der Waals surface area contributed by atoms with Crippen LogP contribution in [0, 0.1) is 0 Å². The topological polar surface area (TPSA) is 25.8 Å². The maximum atomic E-state index is 6.23. The molecule has 0 unspecified atom stereocenters. The van der Waals surface area contributed by atoms with Gasteiger partial charge in [0.1, 0.15) is 0 Å². The first-order valence-electron chi connectivity index (χ1n) is 7.63. The molecule has 0 saturated heterocycles. The largest absolute Gasteiger partial charge is 0.223 e. The lowest BCUT2D eigenvalue weighted by molar-refractivity contribution is 1.24. The molecule has 0 amide bonds. The van der Waals surface area contributed by atoms with E-state index in [2.05, 4.69) is 52.4 Å². The van der Waals surface area contributed by atoms with Gasteiger partial charge in [0.05, 0.1) is 15.9 Å². The summed E-state index contributed by atoms with van der Waals surface area (Å²) in [5.74, 6) is 0. The van der Waals surface area contributed by atoms with Crippen molar-refractivity contribution in [2.24, 2.45) is 0 Å². The van der Waals surface area contributed by atoms with Gasteiger partial charge in [0.25, 0.3) is 0 Å². The van der Waals surface area contributed by atoms with E-state index in [1.807, 2.05) is 24.3 Å². The molecule has 0 aliphatic heterocycles. The van der Waals surface area contributed by atoms with Gasteiger partial charge in [-0.2, -0.15) is 0 Å². The fourth-order valence-corrected chi connectivity index (χ4v) is 4.42. The summed E-state index contributed by atoms with van der Waals surface area (Å²) in [7, 11) is 0. The maximum Gasteiger partial charge on any atom is 0.223 e. The smallest absolute Gasteiger partial charge is 0.216 e. The number of hydrogen-bond acceptors (Lipinski definition) is 3. The van der Waals surface area contributed by atoms with Crippen molar-refractivity contribution in [1.82, 2.24) is 9.97 Å². The standard InChI is InChI=1S/C20H11ClN2S/c21-20-22-17(14-10-9-12-5-1-2-6-13(12)11-14)19-18(23-20)15-7-3-4-8-16(15)24-19/h1-11H. The molecule has 114 valence electrons. The summed E-state index contributed by atoms with van der Waals surface area (Å²) in [5, 5.41) is 3.83. The maximum absolute atomic E-state index is 6.23. The van der Waals surface area contributed by atoms with E-state index in [4.69, 9.17) is 11.6 Å². The number of benzene rings is 3. The molecule has 5 rings (SSSR count). The first kappa shape index (κ1) is 13.9. The molecule has 3 aromatic carbocycles. The highest BCUT2D eigenvalue weighted by atomic mass is 35.5. The second kappa shape index (κ2) is 5.26. The number of halogens is 1. The van der Waals surface area contributed by atoms with Crippen LogP contribution in [0.2, 0.25) is 5.28 Å². The fourth-order valence-electron chi connectivity index (χ4n) is 3.10. The minimum atomic E-state index is 0.286. The molecular formula is C20H11ClN2S. The predicted octanol–water partition coefficient (Wildman–Crippen LogP) is 6.32. The van der Waals surface area contributed by atoms with Crippen LogP contribution in [0.4, 0.5) is 0 Å². The Balaban J connectivity index is 1.87. The first-order valence-corrected chi connectivity index (χ1v) is 8.83. The normalized spacial score (nSPS) is 11.5. The molecule has 24 heavy (non-hydrogen) atoms. The molecule has 0 saturated carbocycles. The van der Waals surface area contributed by atoms with Crippen LogP contribution in [0.1, 0.15) is 0 Å². The molecular weight excluding hydrogens is 336 g/mol. The van der Waals surface area contributed by atoms with Crippen LogP contribution in [0.3, 0.4) is 0 Å². The zero-order valence-corrected chi connectivity index (χ0v) is 14.1. The van der Waals surface area contributed by atoms with Crippen LogP contribution in [-0.2, 0) is 0 Å². The zero-order chi connectivity index (χ0) is 16.1. The number of thiophene rings is 1. The Morgan fingerprint density at radius 3 is 2.50 bits per heavy atom. The van der Waals surface area contributed by atoms with Gasteiger partial charge in [0.2, 0.25) is 5.28 Å². The first-order chi connectivity index (χ1) is 11.8. The van der Waals surface area contributed by atoms with Crippen molar-refractivity contribution < 1.29 is 0 Å². The average Bonchev–Trinajstić information content (AvgIpc) is 2.99. The SMILES string of the molecule is Clc1nc(-c2ccc3ccccc3c2)c2sc3ccccc3c2n1. The van der Waals surface area contributed by atoms with E-state index in [0.717, 1.165) is 26.9 Å². The minimum Gasteiger partial charge on any atom is -0.216 e. The summed E-state index contributed by atoms with van der Waals surface area (Å²) in [4.78, 5) is 9.02. The Hall–Kier alpha value is -2.49. The van der Waals surface area contributed by atoms with Crippen LogP contribution in [-0.4, -0.2) is 9.97 Å². The second-order valence-electron chi connectivity index (χ2n) is 5.68. The highest BCUT2D eigenvalue weighted by molar-refractivity contribution is 7.26. The number of hydrogen-bond donors (Lipinski definition) is 0. The molecule has 0 fully saturated rings. The fraction of sp³-hybridized carbons (Fsp3) is 0. The summed E-state index contributed by atoms with van der Waals surface area (Å²) in [5.41, 5.74) is 2.89. The zero-order valence-electron chi connectivity index (χ0n) is 12.5. The molecule has 2 aromatic heterocycles. The molecule has 0 atom stereocenters. The van der Waals surface area contributed by atoms with Gasteiger partial charge in [-0.15, -0.1) is 11.3 Å². The van der Waals surface area contributed by atoms with Gasteiger partial charge < -0.3 is 0 Å². The quantitative estimate of drug-likeness (QED) is 0.332. The second-order valence-corrected chi connectivity index (χ2v) is 7.07. The lowest BCUT2D eigenvalue weighted by Crippen LogP contribution is -1.89. The molecule has 0 aliphatic rings. The molecule has 0 N–H and O–H groups in total. The van der Waals surface area contributed by atoms with E-state index in [-0.39, 0.29) is 5.28 Å². The number of nitrogens with zero attached hydrogens (tertiary/aromatic N) is 2. The van der Waals surface area contributed by atoms with Crippen molar-refractivity contribution in [3.05, 3.63) is 72.0 Å². The van der Waals surface area contributed by atoms with Crippen LogP contribution >= 0.6 is 22.9 Å². The van der Waals surface area contributed by atoms with Crippen molar-refractivity contribution in [2.45, 2.75) is 0 Å². The van der Waals surface area contributed by atoms with Crippen molar-refractivity contribution in [3.63, 3.8) is 0 Å². The Kier molecular flexibility index (Phi) is 3.05. The third-order valence-corrected chi connectivity index (χ3v) is 5.55. The summed E-state index contributed by atoms with van der Waals surface area (Å²) >= 11 is 7.95. The number of aromatic nitrogens is 2. The van der Waals surface area contributed by atoms with E-state index in [0.29, 0.717) is 0 Å². The Morgan fingerprint density at radius 2 is 1.58 bits per heavy atom. The number of rotatable bonds is 1. The Morgan fingerprint density at radius 1 is 0.792 bits per heavy atom. The highest BCUT2D eigenvalue weighted by Crippen LogP contribution is 2.39. The van der Waals surface area contributed by atoms with E-state index < -0.39 is 0 Å².